The Kier molecular flexibility index (Phi) is 3.43. The van der Waals surface area contributed by atoms with E-state index in [2.05, 4.69) is 27.6 Å². The normalized spacial score (nSPS) is 10.7. The quantitative estimate of drug-likeness (QED) is 0.643. The minimum Gasteiger partial charge on any atom is -0.496 e. The fraction of sp³-hybridized carbons (Fsp3) is 0.0667. The molecule has 0 saturated carbocycles. The summed E-state index contributed by atoms with van der Waals surface area (Å²) >= 11 is 2.15. The third-order valence-corrected chi connectivity index (χ3v) is 3.91. The zero-order chi connectivity index (χ0) is 14.1. The molecular formula is C15H11IN2O2. The molecule has 3 aromatic rings. The molecule has 0 bridgehead atoms. The fourth-order valence-electron chi connectivity index (χ4n) is 2.06. The third-order valence-electron chi connectivity index (χ3n) is 3.07. The van der Waals surface area contributed by atoms with Crippen LogP contribution in [-0.2, 0) is 0 Å². The molecule has 100 valence electrons. The van der Waals surface area contributed by atoms with Crippen LogP contribution in [-0.4, -0.2) is 22.6 Å². The SMILES string of the molecule is COc1ccc(C(=O)n2cnc3ccccc32)cc1I. The van der Waals surface area contributed by atoms with E-state index >= 15 is 0 Å². The van der Waals surface area contributed by atoms with Crippen molar-refractivity contribution in [2.45, 2.75) is 0 Å². The maximum absolute atomic E-state index is 12.6. The Morgan fingerprint density at radius 1 is 1.25 bits per heavy atom. The molecule has 20 heavy (non-hydrogen) atoms. The lowest BCUT2D eigenvalue weighted by atomic mass is 10.2. The average Bonchev–Trinajstić information content (AvgIpc) is 2.90. The van der Waals surface area contributed by atoms with E-state index in [9.17, 15) is 4.79 Å². The predicted octanol–water partition coefficient (Wildman–Crippen LogP) is 3.34. The Morgan fingerprint density at radius 3 is 2.80 bits per heavy atom. The summed E-state index contributed by atoms with van der Waals surface area (Å²) in [6, 6.07) is 12.9. The summed E-state index contributed by atoms with van der Waals surface area (Å²) in [6.45, 7) is 0. The van der Waals surface area contributed by atoms with Crippen molar-refractivity contribution in [3.05, 3.63) is 57.9 Å². The molecular weight excluding hydrogens is 367 g/mol. The largest absolute Gasteiger partial charge is 0.496 e. The molecule has 4 nitrogen and oxygen atoms in total. The van der Waals surface area contributed by atoms with E-state index in [4.69, 9.17) is 4.74 Å². The van der Waals surface area contributed by atoms with Gasteiger partial charge in [0.25, 0.3) is 5.91 Å². The van der Waals surface area contributed by atoms with Crippen molar-refractivity contribution < 1.29 is 9.53 Å². The lowest BCUT2D eigenvalue weighted by Gasteiger charge is -2.06. The second-order valence-electron chi connectivity index (χ2n) is 4.26. The number of ether oxygens (including phenoxy) is 1. The third kappa shape index (κ3) is 2.18. The van der Waals surface area contributed by atoms with E-state index in [1.165, 1.54) is 0 Å². The van der Waals surface area contributed by atoms with Crippen LogP contribution in [0.2, 0.25) is 0 Å². The van der Waals surface area contributed by atoms with Gasteiger partial charge in [0.2, 0.25) is 0 Å². The van der Waals surface area contributed by atoms with Crippen LogP contribution in [0.1, 0.15) is 10.4 Å². The number of rotatable bonds is 2. The fourth-order valence-corrected chi connectivity index (χ4v) is 2.80. The van der Waals surface area contributed by atoms with Gasteiger partial charge in [-0.25, -0.2) is 4.98 Å². The lowest BCUT2D eigenvalue weighted by Crippen LogP contribution is -2.11. The van der Waals surface area contributed by atoms with Crippen LogP contribution in [0.25, 0.3) is 11.0 Å². The number of methoxy groups -OCH3 is 1. The molecule has 0 unspecified atom stereocenters. The Morgan fingerprint density at radius 2 is 2.05 bits per heavy atom. The molecule has 0 radical (unpaired) electrons. The van der Waals surface area contributed by atoms with E-state index in [0.29, 0.717) is 5.56 Å². The van der Waals surface area contributed by atoms with Gasteiger partial charge in [-0.05, 0) is 52.9 Å². The van der Waals surface area contributed by atoms with Gasteiger partial charge in [-0.15, -0.1) is 0 Å². The van der Waals surface area contributed by atoms with E-state index in [1.54, 1.807) is 30.1 Å². The molecule has 0 amide bonds. The van der Waals surface area contributed by atoms with Crippen LogP contribution in [0.4, 0.5) is 0 Å². The number of aromatic nitrogens is 2. The number of benzene rings is 2. The van der Waals surface area contributed by atoms with Crippen LogP contribution in [0.15, 0.2) is 48.8 Å². The lowest BCUT2D eigenvalue weighted by molar-refractivity contribution is 0.0964. The monoisotopic (exact) mass is 378 g/mol. The standard InChI is InChI=1S/C15H11IN2O2/c1-20-14-7-6-10(8-11(14)16)15(19)18-9-17-12-4-2-3-5-13(12)18/h2-9H,1H3. The number of fused-ring (bicyclic) bond motifs is 1. The van der Waals surface area contributed by atoms with Crippen molar-refractivity contribution >= 4 is 39.5 Å². The smallest absolute Gasteiger partial charge is 0.263 e. The summed E-state index contributed by atoms with van der Waals surface area (Å²) in [7, 11) is 1.61. The van der Waals surface area contributed by atoms with E-state index in [0.717, 1.165) is 20.4 Å². The molecule has 5 heteroatoms. The highest BCUT2D eigenvalue weighted by Gasteiger charge is 2.13. The molecule has 1 heterocycles. The molecule has 0 spiro atoms. The van der Waals surface area contributed by atoms with Gasteiger partial charge in [-0.3, -0.25) is 9.36 Å². The summed E-state index contributed by atoms with van der Waals surface area (Å²) in [4.78, 5) is 16.8. The maximum Gasteiger partial charge on any atom is 0.263 e. The Labute approximate surface area is 129 Å². The zero-order valence-electron chi connectivity index (χ0n) is 10.7. The summed E-state index contributed by atoms with van der Waals surface area (Å²) < 4.78 is 7.67. The minimum atomic E-state index is -0.0979. The number of halogens is 1. The second-order valence-corrected chi connectivity index (χ2v) is 5.42. The number of nitrogens with zero attached hydrogens (tertiary/aromatic N) is 2. The van der Waals surface area contributed by atoms with Crippen molar-refractivity contribution in [1.29, 1.82) is 0 Å². The summed E-state index contributed by atoms with van der Waals surface area (Å²) in [5.41, 5.74) is 2.23. The first kappa shape index (κ1) is 13.1. The highest BCUT2D eigenvalue weighted by atomic mass is 127. The van der Waals surface area contributed by atoms with Gasteiger partial charge in [0.1, 0.15) is 12.1 Å². The number of carbonyl (C=O) groups excluding carboxylic acids is 1. The molecule has 0 aliphatic carbocycles. The molecule has 0 fully saturated rings. The summed E-state index contributed by atoms with van der Waals surface area (Å²) in [6.07, 6.45) is 1.56. The molecule has 0 atom stereocenters. The van der Waals surface area contributed by atoms with E-state index in [1.807, 2.05) is 30.3 Å². The van der Waals surface area contributed by atoms with Gasteiger partial charge in [0, 0.05) is 5.56 Å². The number of para-hydroxylation sites is 2. The van der Waals surface area contributed by atoms with Crippen molar-refractivity contribution in [2.24, 2.45) is 0 Å². The van der Waals surface area contributed by atoms with Gasteiger partial charge >= 0.3 is 0 Å². The predicted molar refractivity (Wildman–Crippen MR) is 85.2 cm³/mol. The molecule has 3 rings (SSSR count). The minimum absolute atomic E-state index is 0.0979. The van der Waals surface area contributed by atoms with Gasteiger partial charge in [0.15, 0.2) is 0 Å². The Hall–Kier alpha value is -1.89. The number of hydrogen-bond donors (Lipinski definition) is 0. The summed E-state index contributed by atoms with van der Waals surface area (Å²) in [5.74, 6) is 0.664. The van der Waals surface area contributed by atoms with Gasteiger partial charge < -0.3 is 4.74 Å². The number of hydrogen-bond acceptors (Lipinski definition) is 3. The topological polar surface area (TPSA) is 44.1 Å². The first-order chi connectivity index (χ1) is 9.70. The second kappa shape index (κ2) is 5.24. The number of imidazole rings is 1. The molecule has 0 saturated heterocycles. The first-order valence-electron chi connectivity index (χ1n) is 6.01. The van der Waals surface area contributed by atoms with Crippen LogP contribution in [0, 0.1) is 3.57 Å². The van der Waals surface area contributed by atoms with Crippen molar-refractivity contribution in [2.75, 3.05) is 7.11 Å². The summed E-state index contributed by atoms with van der Waals surface area (Å²) in [5, 5.41) is 0. The van der Waals surface area contributed by atoms with Gasteiger partial charge in [-0.1, -0.05) is 12.1 Å². The van der Waals surface area contributed by atoms with Crippen LogP contribution in [0.5, 0.6) is 5.75 Å². The Bertz CT molecular complexity index is 795. The van der Waals surface area contributed by atoms with Crippen molar-refractivity contribution in [3.8, 4) is 5.75 Å². The van der Waals surface area contributed by atoms with Gasteiger partial charge in [-0.2, -0.15) is 0 Å². The van der Waals surface area contributed by atoms with Crippen LogP contribution >= 0.6 is 22.6 Å². The molecule has 0 aliphatic heterocycles. The average molecular weight is 378 g/mol. The van der Waals surface area contributed by atoms with E-state index < -0.39 is 0 Å². The highest BCUT2D eigenvalue weighted by Crippen LogP contribution is 2.23. The van der Waals surface area contributed by atoms with Crippen molar-refractivity contribution in [3.63, 3.8) is 0 Å². The van der Waals surface area contributed by atoms with Gasteiger partial charge in [0.05, 0.1) is 21.7 Å². The molecule has 0 N–H and O–H groups in total. The van der Waals surface area contributed by atoms with E-state index in [-0.39, 0.29) is 5.91 Å². The van der Waals surface area contributed by atoms with Crippen LogP contribution < -0.4 is 4.74 Å². The van der Waals surface area contributed by atoms with Crippen LogP contribution in [0.3, 0.4) is 0 Å². The van der Waals surface area contributed by atoms with Crippen molar-refractivity contribution in [1.82, 2.24) is 9.55 Å². The molecule has 1 aromatic heterocycles. The molecule has 2 aromatic carbocycles. The first-order valence-corrected chi connectivity index (χ1v) is 7.09. The zero-order valence-corrected chi connectivity index (χ0v) is 12.9. The highest BCUT2D eigenvalue weighted by molar-refractivity contribution is 14.1. The number of carbonyl (C=O) groups is 1. The Balaban J connectivity index is 2.06. The maximum atomic E-state index is 12.6. The molecule has 0 aliphatic rings.